The summed E-state index contributed by atoms with van der Waals surface area (Å²) in [6.07, 6.45) is 0. The predicted molar refractivity (Wildman–Crippen MR) is 84.4 cm³/mol. The highest BCUT2D eigenvalue weighted by molar-refractivity contribution is 7.96. The number of sulfone groups is 2. The van der Waals surface area contributed by atoms with E-state index in [1.54, 1.807) is 0 Å². The third kappa shape index (κ3) is 4.09. The molecule has 0 radical (unpaired) electrons. The van der Waals surface area contributed by atoms with Gasteiger partial charge < -0.3 is 10.1 Å². The van der Waals surface area contributed by atoms with Crippen molar-refractivity contribution in [1.29, 1.82) is 0 Å². The van der Waals surface area contributed by atoms with Gasteiger partial charge in [-0.1, -0.05) is 0 Å². The number of hydrogen-bond donors (Lipinski definition) is 1. The van der Waals surface area contributed by atoms with E-state index in [0.717, 1.165) is 6.07 Å². The zero-order chi connectivity index (χ0) is 17.3. The topological polar surface area (TPSA) is 89.5 Å². The largest absolute Gasteiger partial charge is 0.383 e. The average Bonchev–Trinajstić information content (AvgIpc) is 2.78. The highest BCUT2D eigenvalue weighted by Gasteiger charge is 2.45. The number of rotatable bonds is 6. The summed E-state index contributed by atoms with van der Waals surface area (Å²) >= 11 is 0. The zero-order valence-electron chi connectivity index (χ0n) is 13.0. The SMILES string of the molecule is COCCN[C@H]1CS(=O)(=O)C[C@@H]1S(=O)(=O)c1ccc(F)c(C)c1. The fourth-order valence-corrected chi connectivity index (χ4v) is 7.43. The van der Waals surface area contributed by atoms with Gasteiger partial charge in [-0.05, 0) is 30.7 Å². The molecule has 0 spiro atoms. The van der Waals surface area contributed by atoms with Crippen molar-refractivity contribution in [3.8, 4) is 0 Å². The van der Waals surface area contributed by atoms with E-state index in [0.29, 0.717) is 13.2 Å². The van der Waals surface area contributed by atoms with Crippen molar-refractivity contribution in [3.05, 3.63) is 29.6 Å². The normalized spacial score (nSPS) is 24.0. The molecule has 1 aromatic carbocycles. The van der Waals surface area contributed by atoms with Crippen molar-refractivity contribution < 1.29 is 26.0 Å². The van der Waals surface area contributed by atoms with E-state index < -0.39 is 42.5 Å². The van der Waals surface area contributed by atoms with Gasteiger partial charge in [-0.3, -0.25) is 0 Å². The Hall–Kier alpha value is -1.03. The van der Waals surface area contributed by atoms with Gasteiger partial charge in [-0.15, -0.1) is 0 Å². The summed E-state index contributed by atoms with van der Waals surface area (Å²) in [5.74, 6) is -1.17. The van der Waals surface area contributed by atoms with Crippen molar-refractivity contribution in [2.24, 2.45) is 0 Å². The van der Waals surface area contributed by atoms with Crippen molar-refractivity contribution in [2.75, 3.05) is 31.8 Å². The number of ether oxygens (including phenoxy) is 1. The van der Waals surface area contributed by atoms with Gasteiger partial charge in [0, 0.05) is 19.7 Å². The molecule has 1 N–H and O–H groups in total. The fraction of sp³-hybridized carbons (Fsp3) is 0.571. The first-order chi connectivity index (χ1) is 10.7. The van der Waals surface area contributed by atoms with E-state index in [9.17, 15) is 21.2 Å². The standard InChI is InChI=1S/C14H20FNO5S2/c1-10-7-11(3-4-12(10)15)23(19,20)14-9-22(17,18)8-13(14)16-5-6-21-2/h3-4,7,13-14,16H,5-6,8-9H2,1-2H3/t13-,14-/m0/s1. The Bertz CT molecular complexity index is 776. The molecule has 23 heavy (non-hydrogen) atoms. The van der Waals surface area contributed by atoms with Crippen LogP contribution in [0.1, 0.15) is 5.56 Å². The molecule has 0 amide bonds. The lowest BCUT2D eigenvalue weighted by Gasteiger charge is -2.20. The minimum Gasteiger partial charge on any atom is -0.383 e. The summed E-state index contributed by atoms with van der Waals surface area (Å²) < 4.78 is 67.6. The summed E-state index contributed by atoms with van der Waals surface area (Å²) in [5, 5.41) is 1.84. The molecule has 1 fully saturated rings. The Morgan fingerprint density at radius 1 is 1.35 bits per heavy atom. The lowest BCUT2D eigenvalue weighted by atomic mass is 10.2. The van der Waals surface area contributed by atoms with Gasteiger partial charge in [0.25, 0.3) is 0 Å². The average molecular weight is 365 g/mol. The molecule has 0 bridgehead atoms. The van der Waals surface area contributed by atoms with Crippen molar-refractivity contribution in [1.82, 2.24) is 5.32 Å². The number of halogens is 1. The summed E-state index contributed by atoms with van der Waals surface area (Å²) in [6.45, 7) is 2.16. The summed E-state index contributed by atoms with van der Waals surface area (Å²) in [5.41, 5.74) is 0.204. The van der Waals surface area contributed by atoms with Crippen molar-refractivity contribution >= 4 is 19.7 Å². The first-order valence-electron chi connectivity index (χ1n) is 7.10. The monoisotopic (exact) mass is 365 g/mol. The fourth-order valence-electron chi connectivity index (χ4n) is 2.63. The first kappa shape index (κ1) is 18.3. The molecule has 0 aromatic heterocycles. The third-order valence-corrected chi connectivity index (χ3v) is 8.02. The molecule has 2 rings (SSSR count). The van der Waals surface area contributed by atoms with E-state index >= 15 is 0 Å². The van der Waals surface area contributed by atoms with E-state index in [-0.39, 0.29) is 16.2 Å². The van der Waals surface area contributed by atoms with Crippen LogP contribution in [0.25, 0.3) is 0 Å². The van der Waals surface area contributed by atoms with Gasteiger partial charge in [0.15, 0.2) is 19.7 Å². The van der Waals surface area contributed by atoms with Crippen LogP contribution in [0.5, 0.6) is 0 Å². The van der Waals surface area contributed by atoms with Crippen LogP contribution in [0.3, 0.4) is 0 Å². The molecule has 2 atom stereocenters. The van der Waals surface area contributed by atoms with E-state index in [1.165, 1.54) is 26.2 Å². The van der Waals surface area contributed by atoms with Gasteiger partial charge in [-0.2, -0.15) is 0 Å². The number of nitrogens with one attached hydrogen (secondary N) is 1. The summed E-state index contributed by atoms with van der Waals surface area (Å²) in [4.78, 5) is -0.0583. The first-order valence-corrected chi connectivity index (χ1v) is 10.5. The Balaban J connectivity index is 2.33. The Morgan fingerprint density at radius 2 is 2.04 bits per heavy atom. The second-order valence-electron chi connectivity index (χ2n) is 5.62. The van der Waals surface area contributed by atoms with Crippen LogP contribution in [0.15, 0.2) is 23.1 Å². The lowest BCUT2D eigenvalue weighted by Crippen LogP contribution is -2.44. The maximum Gasteiger partial charge on any atom is 0.183 e. The van der Waals surface area contributed by atoms with E-state index in [4.69, 9.17) is 4.74 Å². The minimum absolute atomic E-state index is 0.0583. The van der Waals surface area contributed by atoms with E-state index in [1.807, 2.05) is 0 Å². The van der Waals surface area contributed by atoms with Crippen molar-refractivity contribution in [2.45, 2.75) is 23.1 Å². The lowest BCUT2D eigenvalue weighted by molar-refractivity contribution is 0.196. The Morgan fingerprint density at radius 3 is 2.65 bits per heavy atom. The predicted octanol–water partition coefficient (Wildman–Crippen LogP) is 0.309. The summed E-state index contributed by atoms with van der Waals surface area (Å²) in [6, 6.07) is 2.79. The number of benzene rings is 1. The molecule has 1 heterocycles. The van der Waals surface area contributed by atoms with Crippen LogP contribution < -0.4 is 5.32 Å². The van der Waals surface area contributed by atoms with Crippen LogP contribution >= 0.6 is 0 Å². The molecule has 1 saturated heterocycles. The quantitative estimate of drug-likeness (QED) is 0.576. The van der Waals surface area contributed by atoms with Crippen molar-refractivity contribution in [3.63, 3.8) is 0 Å². The third-order valence-electron chi connectivity index (χ3n) is 3.87. The van der Waals surface area contributed by atoms with Crippen LogP contribution in [-0.2, 0) is 24.4 Å². The van der Waals surface area contributed by atoms with Crippen LogP contribution in [0, 0.1) is 12.7 Å². The molecule has 1 aromatic rings. The second-order valence-corrected chi connectivity index (χ2v) is 9.95. The molecule has 6 nitrogen and oxygen atoms in total. The second kappa shape index (κ2) is 6.84. The minimum atomic E-state index is -3.88. The molecule has 0 aliphatic carbocycles. The molecule has 9 heteroatoms. The van der Waals surface area contributed by atoms with Crippen LogP contribution in [-0.4, -0.2) is 59.9 Å². The Kier molecular flexibility index (Phi) is 5.44. The van der Waals surface area contributed by atoms with Gasteiger partial charge in [0.1, 0.15) is 5.82 Å². The number of hydrogen-bond acceptors (Lipinski definition) is 6. The van der Waals surface area contributed by atoms with Gasteiger partial charge >= 0.3 is 0 Å². The molecule has 1 aliphatic heterocycles. The molecule has 0 saturated carbocycles. The molecule has 130 valence electrons. The molecule has 1 aliphatic rings. The van der Waals surface area contributed by atoms with Crippen LogP contribution in [0.4, 0.5) is 4.39 Å². The smallest absolute Gasteiger partial charge is 0.183 e. The Labute approximate surface area is 135 Å². The highest BCUT2D eigenvalue weighted by atomic mass is 32.2. The number of aryl methyl sites for hydroxylation is 1. The zero-order valence-corrected chi connectivity index (χ0v) is 14.6. The highest BCUT2D eigenvalue weighted by Crippen LogP contribution is 2.27. The maximum atomic E-state index is 13.4. The molecule has 0 unspecified atom stereocenters. The maximum absolute atomic E-state index is 13.4. The van der Waals surface area contributed by atoms with Crippen LogP contribution in [0.2, 0.25) is 0 Å². The summed E-state index contributed by atoms with van der Waals surface area (Å²) in [7, 11) is -5.83. The van der Waals surface area contributed by atoms with E-state index in [2.05, 4.69) is 5.32 Å². The number of methoxy groups -OCH3 is 1. The van der Waals surface area contributed by atoms with Gasteiger partial charge in [0.05, 0.1) is 28.3 Å². The van der Waals surface area contributed by atoms with Gasteiger partial charge in [-0.25, -0.2) is 21.2 Å². The molecular weight excluding hydrogens is 345 g/mol. The van der Waals surface area contributed by atoms with Gasteiger partial charge in [0.2, 0.25) is 0 Å². The molecular formula is C14H20FNO5S2.